The molecule has 7 heteroatoms. The SMILES string of the molecule is CC(=O)N1CCN(C(=O)c2cc(Cl)nc(N(C)C)c2)CC1. The van der Waals surface area contributed by atoms with Gasteiger partial charge in [0.15, 0.2) is 0 Å². The second-order valence-electron chi connectivity index (χ2n) is 5.23. The van der Waals surface area contributed by atoms with Crippen molar-refractivity contribution in [1.82, 2.24) is 14.8 Å². The van der Waals surface area contributed by atoms with Crippen LogP contribution in [0.3, 0.4) is 0 Å². The fourth-order valence-electron chi connectivity index (χ4n) is 2.24. The third-order valence-electron chi connectivity index (χ3n) is 3.50. The Balaban J connectivity index is 2.12. The van der Waals surface area contributed by atoms with E-state index in [2.05, 4.69) is 4.98 Å². The van der Waals surface area contributed by atoms with Crippen molar-refractivity contribution in [3.63, 3.8) is 0 Å². The molecule has 0 saturated carbocycles. The van der Waals surface area contributed by atoms with Crippen LogP contribution < -0.4 is 4.90 Å². The van der Waals surface area contributed by atoms with E-state index >= 15 is 0 Å². The number of anilines is 1. The maximum atomic E-state index is 12.5. The van der Waals surface area contributed by atoms with E-state index in [-0.39, 0.29) is 11.8 Å². The van der Waals surface area contributed by atoms with E-state index in [1.54, 1.807) is 33.8 Å². The molecule has 0 N–H and O–H groups in total. The van der Waals surface area contributed by atoms with Gasteiger partial charge in [0, 0.05) is 52.8 Å². The Hall–Kier alpha value is -1.82. The monoisotopic (exact) mass is 310 g/mol. The molecule has 1 aliphatic heterocycles. The van der Waals surface area contributed by atoms with Crippen LogP contribution >= 0.6 is 11.6 Å². The molecule has 0 unspecified atom stereocenters. The third-order valence-corrected chi connectivity index (χ3v) is 3.69. The number of carbonyl (C=O) groups is 2. The van der Waals surface area contributed by atoms with Crippen molar-refractivity contribution in [3.05, 3.63) is 22.8 Å². The van der Waals surface area contributed by atoms with E-state index in [1.165, 1.54) is 0 Å². The topological polar surface area (TPSA) is 56.8 Å². The van der Waals surface area contributed by atoms with Gasteiger partial charge in [0.1, 0.15) is 11.0 Å². The predicted molar refractivity (Wildman–Crippen MR) is 81.7 cm³/mol. The molecule has 0 aliphatic carbocycles. The first-order valence-electron chi connectivity index (χ1n) is 6.78. The molecule has 6 nitrogen and oxygen atoms in total. The minimum atomic E-state index is -0.0781. The third kappa shape index (κ3) is 3.64. The maximum Gasteiger partial charge on any atom is 0.254 e. The van der Waals surface area contributed by atoms with Crippen LogP contribution in [-0.2, 0) is 4.79 Å². The summed E-state index contributed by atoms with van der Waals surface area (Å²) in [5.41, 5.74) is 0.523. The first-order chi connectivity index (χ1) is 9.88. The molecule has 2 rings (SSSR count). The Morgan fingerprint density at radius 2 is 1.71 bits per heavy atom. The highest BCUT2D eigenvalue weighted by Crippen LogP contribution is 2.18. The first kappa shape index (κ1) is 15.6. The molecular weight excluding hydrogens is 292 g/mol. The van der Waals surface area contributed by atoms with Crippen molar-refractivity contribution >= 4 is 29.2 Å². The minimum Gasteiger partial charge on any atom is -0.363 e. The van der Waals surface area contributed by atoms with E-state index in [0.29, 0.717) is 42.7 Å². The van der Waals surface area contributed by atoms with E-state index in [0.717, 1.165) is 0 Å². The second-order valence-corrected chi connectivity index (χ2v) is 5.62. The zero-order chi connectivity index (χ0) is 15.6. The summed E-state index contributed by atoms with van der Waals surface area (Å²) in [6.07, 6.45) is 0. The fraction of sp³-hybridized carbons (Fsp3) is 0.500. The van der Waals surface area contributed by atoms with Crippen LogP contribution in [0.15, 0.2) is 12.1 Å². The summed E-state index contributed by atoms with van der Waals surface area (Å²) in [5.74, 6) is 0.614. The molecule has 2 amide bonds. The molecule has 1 fully saturated rings. The van der Waals surface area contributed by atoms with Crippen LogP contribution in [0.25, 0.3) is 0 Å². The van der Waals surface area contributed by atoms with Crippen molar-refractivity contribution in [2.75, 3.05) is 45.2 Å². The molecule has 0 radical (unpaired) electrons. The first-order valence-corrected chi connectivity index (χ1v) is 7.16. The lowest BCUT2D eigenvalue weighted by atomic mass is 10.2. The number of hydrogen-bond acceptors (Lipinski definition) is 4. The van der Waals surface area contributed by atoms with Crippen LogP contribution in [0.1, 0.15) is 17.3 Å². The van der Waals surface area contributed by atoms with Crippen LogP contribution in [0.2, 0.25) is 5.15 Å². The Labute approximate surface area is 129 Å². The standard InChI is InChI=1S/C14H19ClN4O2/c1-10(20)18-4-6-19(7-5-18)14(21)11-8-12(15)16-13(9-11)17(2)3/h8-9H,4-7H2,1-3H3. The Kier molecular flexibility index (Phi) is 4.67. The average Bonchev–Trinajstić information content (AvgIpc) is 2.45. The zero-order valence-electron chi connectivity index (χ0n) is 12.5. The number of halogens is 1. The van der Waals surface area contributed by atoms with Crippen LogP contribution in [-0.4, -0.2) is 66.9 Å². The van der Waals surface area contributed by atoms with Gasteiger partial charge in [-0.05, 0) is 12.1 Å². The highest BCUT2D eigenvalue weighted by Gasteiger charge is 2.24. The molecule has 114 valence electrons. The van der Waals surface area contributed by atoms with Gasteiger partial charge in [-0.2, -0.15) is 0 Å². The van der Waals surface area contributed by atoms with Crippen LogP contribution in [0, 0.1) is 0 Å². The fourth-order valence-corrected chi connectivity index (χ4v) is 2.45. The molecule has 0 spiro atoms. The van der Waals surface area contributed by atoms with Crippen molar-refractivity contribution in [2.45, 2.75) is 6.92 Å². The van der Waals surface area contributed by atoms with Crippen molar-refractivity contribution in [3.8, 4) is 0 Å². The Morgan fingerprint density at radius 1 is 1.14 bits per heavy atom. The van der Waals surface area contributed by atoms with E-state index in [1.807, 2.05) is 14.1 Å². The molecule has 1 aromatic heterocycles. The molecule has 1 aliphatic rings. The second kappa shape index (κ2) is 6.30. The molecule has 0 bridgehead atoms. The molecule has 21 heavy (non-hydrogen) atoms. The number of hydrogen-bond donors (Lipinski definition) is 0. The summed E-state index contributed by atoms with van der Waals surface area (Å²) in [7, 11) is 3.69. The summed E-state index contributed by atoms with van der Waals surface area (Å²) in [6.45, 7) is 3.76. The van der Waals surface area contributed by atoms with Crippen molar-refractivity contribution < 1.29 is 9.59 Å². The summed E-state index contributed by atoms with van der Waals surface area (Å²) in [6, 6.07) is 3.31. The number of pyridine rings is 1. The molecule has 0 aromatic carbocycles. The van der Waals surface area contributed by atoms with Crippen LogP contribution in [0.5, 0.6) is 0 Å². The Morgan fingerprint density at radius 3 is 2.24 bits per heavy atom. The number of amides is 2. The number of piperazine rings is 1. The van der Waals surface area contributed by atoms with Gasteiger partial charge in [0.2, 0.25) is 5.91 Å². The quantitative estimate of drug-likeness (QED) is 0.768. The molecule has 2 heterocycles. The lowest BCUT2D eigenvalue weighted by molar-refractivity contribution is -0.130. The lowest BCUT2D eigenvalue weighted by Crippen LogP contribution is -2.50. The molecule has 1 aromatic rings. The van der Waals surface area contributed by atoms with Gasteiger partial charge in [-0.25, -0.2) is 4.98 Å². The highest BCUT2D eigenvalue weighted by atomic mass is 35.5. The van der Waals surface area contributed by atoms with Gasteiger partial charge in [-0.1, -0.05) is 11.6 Å². The summed E-state index contributed by atoms with van der Waals surface area (Å²) >= 11 is 5.98. The van der Waals surface area contributed by atoms with E-state index < -0.39 is 0 Å². The normalized spacial score (nSPS) is 15.0. The highest BCUT2D eigenvalue weighted by molar-refractivity contribution is 6.29. The van der Waals surface area contributed by atoms with E-state index in [4.69, 9.17) is 11.6 Å². The minimum absolute atomic E-state index is 0.0453. The predicted octanol–water partition coefficient (Wildman–Crippen LogP) is 1.11. The van der Waals surface area contributed by atoms with Crippen LogP contribution in [0.4, 0.5) is 5.82 Å². The van der Waals surface area contributed by atoms with Gasteiger partial charge >= 0.3 is 0 Å². The number of nitrogens with zero attached hydrogens (tertiary/aromatic N) is 4. The van der Waals surface area contributed by atoms with Gasteiger partial charge < -0.3 is 14.7 Å². The summed E-state index contributed by atoms with van der Waals surface area (Å²) in [4.78, 5) is 33.3. The van der Waals surface area contributed by atoms with Crippen molar-refractivity contribution in [2.24, 2.45) is 0 Å². The number of rotatable bonds is 2. The Bertz CT molecular complexity index is 554. The van der Waals surface area contributed by atoms with Gasteiger partial charge in [0.05, 0.1) is 0 Å². The largest absolute Gasteiger partial charge is 0.363 e. The summed E-state index contributed by atoms with van der Waals surface area (Å²) in [5, 5.41) is 0.298. The smallest absolute Gasteiger partial charge is 0.254 e. The lowest BCUT2D eigenvalue weighted by Gasteiger charge is -2.34. The molecule has 0 atom stereocenters. The zero-order valence-corrected chi connectivity index (χ0v) is 13.2. The molecular formula is C14H19ClN4O2. The maximum absolute atomic E-state index is 12.5. The average molecular weight is 311 g/mol. The molecule has 1 saturated heterocycles. The summed E-state index contributed by atoms with van der Waals surface area (Å²) < 4.78 is 0. The van der Waals surface area contributed by atoms with E-state index in [9.17, 15) is 9.59 Å². The number of aromatic nitrogens is 1. The van der Waals surface area contributed by atoms with Gasteiger partial charge in [-0.3, -0.25) is 9.59 Å². The van der Waals surface area contributed by atoms with Gasteiger partial charge in [-0.15, -0.1) is 0 Å². The van der Waals surface area contributed by atoms with Gasteiger partial charge in [0.25, 0.3) is 5.91 Å². The van der Waals surface area contributed by atoms with Crippen molar-refractivity contribution in [1.29, 1.82) is 0 Å². The number of carbonyl (C=O) groups excluding carboxylic acids is 2.